The van der Waals surface area contributed by atoms with Gasteiger partial charge in [0.1, 0.15) is 11.5 Å². The molecule has 1 aromatic heterocycles. The Morgan fingerprint density at radius 2 is 2.30 bits per heavy atom. The quantitative estimate of drug-likeness (QED) is 0.633. The van der Waals surface area contributed by atoms with Crippen LogP contribution >= 0.6 is 0 Å². The van der Waals surface area contributed by atoms with Gasteiger partial charge in [-0.2, -0.15) is 0 Å². The highest BCUT2D eigenvalue weighted by atomic mass is 16.5. The SMILES string of the molecule is COc1cnc(C)c(O)c1. The van der Waals surface area contributed by atoms with Crippen molar-refractivity contribution in [2.45, 2.75) is 6.92 Å². The van der Waals surface area contributed by atoms with E-state index in [1.165, 1.54) is 13.2 Å². The molecule has 0 aromatic carbocycles. The number of aromatic hydroxyl groups is 1. The lowest BCUT2D eigenvalue weighted by Crippen LogP contribution is -1.86. The van der Waals surface area contributed by atoms with Gasteiger partial charge in [-0.15, -0.1) is 0 Å². The Morgan fingerprint density at radius 3 is 2.80 bits per heavy atom. The number of pyridine rings is 1. The summed E-state index contributed by atoms with van der Waals surface area (Å²) in [6, 6.07) is 1.53. The first kappa shape index (κ1) is 6.86. The van der Waals surface area contributed by atoms with Gasteiger partial charge in [0.25, 0.3) is 0 Å². The number of ether oxygens (including phenoxy) is 1. The Labute approximate surface area is 59.3 Å². The molecule has 3 heteroatoms. The average molecular weight is 139 g/mol. The van der Waals surface area contributed by atoms with Crippen molar-refractivity contribution in [2.24, 2.45) is 0 Å². The molecule has 0 saturated heterocycles. The molecule has 0 atom stereocenters. The summed E-state index contributed by atoms with van der Waals surface area (Å²) in [6.07, 6.45) is 1.56. The maximum absolute atomic E-state index is 9.09. The molecule has 0 saturated carbocycles. The molecule has 1 N–H and O–H groups in total. The topological polar surface area (TPSA) is 42.4 Å². The largest absolute Gasteiger partial charge is 0.506 e. The maximum atomic E-state index is 9.09. The van der Waals surface area contributed by atoms with Crippen molar-refractivity contribution in [2.75, 3.05) is 7.11 Å². The summed E-state index contributed by atoms with van der Waals surface area (Å²) in [4.78, 5) is 3.87. The minimum absolute atomic E-state index is 0.166. The van der Waals surface area contributed by atoms with E-state index < -0.39 is 0 Å². The summed E-state index contributed by atoms with van der Waals surface area (Å²) in [5, 5.41) is 9.09. The van der Waals surface area contributed by atoms with Gasteiger partial charge >= 0.3 is 0 Å². The highest BCUT2D eigenvalue weighted by Crippen LogP contribution is 2.18. The zero-order valence-electron chi connectivity index (χ0n) is 5.96. The van der Waals surface area contributed by atoms with E-state index in [-0.39, 0.29) is 5.75 Å². The van der Waals surface area contributed by atoms with Crippen LogP contribution in [0.5, 0.6) is 11.5 Å². The number of methoxy groups -OCH3 is 1. The Bertz CT molecular complexity index is 235. The summed E-state index contributed by atoms with van der Waals surface area (Å²) in [5.74, 6) is 0.738. The van der Waals surface area contributed by atoms with Crippen molar-refractivity contribution >= 4 is 0 Å². The minimum atomic E-state index is 0.166. The second-order valence-electron chi connectivity index (χ2n) is 1.98. The number of hydrogen-bond donors (Lipinski definition) is 1. The van der Waals surface area contributed by atoms with Crippen LogP contribution in [0.2, 0.25) is 0 Å². The number of rotatable bonds is 1. The van der Waals surface area contributed by atoms with Gasteiger partial charge in [-0.05, 0) is 6.92 Å². The molecule has 0 amide bonds. The fraction of sp³-hybridized carbons (Fsp3) is 0.286. The van der Waals surface area contributed by atoms with E-state index in [1.54, 1.807) is 13.1 Å². The second-order valence-corrected chi connectivity index (χ2v) is 1.98. The van der Waals surface area contributed by atoms with E-state index in [0.717, 1.165) is 0 Å². The Kier molecular flexibility index (Phi) is 1.76. The molecule has 1 heterocycles. The predicted octanol–water partition coefficient (Wildman–Crippen LogP) is 1.10. The van der Waals surface area contributed by atoms with Crippen molar-refractivity contribution < 1.29 is 9.84 Å². The molecule has 0 unspecified atom stereocenters. The average Bonchev–Trinajstić information content (AvgIpc) is 1.95. The van der Waals surface area contributed by atoms with Gasteiger partial charge in [-0.25, -0.2) is 0 Å². The molecule has 0 aliphatic heterocycles. The fourth-order valence-electron chi connectivity index (χ4n) is 0.615. The zero-order chi connectivity index (χ0) is 7.56. The zero-order valence-corrected chi connectivity index (χ0v) is 5.96. The smallest absolute Gasteiger partial charge is 0.140 e. The van der Waals surface area contributed by atoms with Gasteiger partial charge in [0, 0.05) is 6.07 Å². The van der Waals surface area contributed by atoms with Gasteiger partial charge in [0.05, 0.1) is 19.0 Å². The van der Waals surface area contributed by atoms with Crippen LogP contribution in [0.4, 0.5) is 0 Å². The van der Waals surface area contributed by atoms with Crippen molar-refractivity contribution in [1.82, 2.24) is 4.98 Å². The number of nitrogens with zero attached hydrogens (tertiary/aromatic N) is 1. The van der Waals surface area contributed by atoms with Crippen LogP contribution in [0, 0.1) is 6.92 Å². The van der Waals surface area contributed by atoms with E-state index in [2.05, 4.69) is 4.98 Å². The standard InChI is InChI=1S/C7H9NO2/c1-5-7(9)3-6(10-2)4-8-5/h3-4,9H,1-2H3. The molecule has 0 aliphatic rings. The van der Waals surface area contributed by atoms with Gasteiger partial charge in [-0.1, -0.05) is 0 Å². The number of hydrogen-bond acceptors (Lipinski definition) is 3. The van der Waals surface area contributed by atoms with E-state index in [0.29, 0.717) is 11.4 Å². The maximum Gasteiger partial charge on any atom is 0.140 e. The first-order valence-electron chi connectivity index (χ1n) is 2.93. The molecule has 10 heavy (non-hydrogen) atoms. The third-order valence-electron chi connectivity index (χ3n) is 1.27. The van der Waals surface area contributed by atoms with E-state index >= 15 is 0 Å². The Hall–Kier alpha value is -1.25. The van der Waals surface area contributed by atoms with Gasteiger partial charge < -0.3 is 9.84 Å². The minimum Gasteiger partial charge on any atom is -0.506 e. The first-order valence-corrected chi connectivity index (χ1v) is 2.93. The summed E-state index contributed by atoms with van der Waals surface area (Å²) in [7, 11) is 1.53. The van der Waals surface area contributed by atoms with E-state index in [4.69, 9.17) is 9.84 Å². The van der Waals surface area contributed by atoms with Gasteiger partial charge in [-0.3, -0.25) is 4.98 Å². The lowest BCUT2D eigenvalue weighted by molar-refractivity contribution is 0.403. The van der Waals surface area contributed by atoms with Crippen LogP contribution in [-0.2, 0) is 0 Å². The Morgan fingerprint density at radius 1 is 1.60 bits per heavy atom. The Balaban J connectivity index is 3.04. The van der Waals surface area contributed by atoms with Crippen LogP contribution in [0.3, 0.4) is 0 Å². The molecule has 1 rings (SSSR count). The number of aromatic nitrogens is 1. The van der Waals surface area contributed by atoms with Crippen molar-refractivity contribution in [1.29, 1.82) is 0 Å². The van der Waals surface area contributed by atoms with Crippen LogP contribution in [0.25, 0.3) is 0 Å². The van der Waals surface area contributed by atoms with Crippen molar-refractivity contribution in [3.05, 3.63) is 18.0 Å². The van der Waals surface area contributed by atoms with E-state index in [9.17, 15) is 0 Å². The van der Waals surface area contributed by atoms with Crippen molar-refractivity contribution in [3.63, 3.8) is 0 Å². The van der Waals surface area contributed by atoms with Crippen LogP contribution in [0.15, 0.2) is 12.3 Å². The predicted molar refractivity (Wildman–Crippen MR) is 37.2 cm³/mol. The lowest BCUT2D eigenvalue weighted by Gasteiger charge is -2.00. The molecular weight excluding hydrogens is 130 g/mol. The summed E-state index contributed by atoms with van der Waals surface area (Å²) < 4.78 is 4.83. The fourth-order valence-corrected chi connectivity index (χ4v) is 0.615. The molecule has 0 radical (unpaired) electrons. The summed E-state index contributed by atoms with van der Waals surface area (Å²) in [5.41, 5.74) is 0.612. The van der Waals surface area contributed by atoms with Gasteiger partial charge in [0.2, 0.25) is 0 Å². The third-order valence-corrected chi connectivity index (χ3v) is 1.27. The number of aryl methyl sites for hydroxylation is 1. The highest BCUT2D eigenvalue weighted by molar-refractivity contribution is 5.32. The molecule has 0 fully saturated rings. The summed E-state index contributed by atoms with van der Waals surface area (Å²) in [6.45, 7) is 1.73. The second kappa shape index (κ2) is 2.56. The molecule has 0 aliphatic carbocycles. The molecule has 0 bridgehead atoms. The summed E-state index contributed by atoms with van der Waals surface area (Å²) >= 11 is 0. The molecule has 54 valence electrons. The monoisotopic (exact) mass is 139 g/mol. The molecule has 3 nitrogen and oxygen atoms in total. The molecule has 0 spiro atoms. The van der Waals surface area contributed by atoms with Crippen molar-refractivity contribution in [3.8, 4) is 11.5 Å². The van der Waals surface area contributed by atoms with Crippen LogP contribution in [-0.4, -0.2) is 17.2 Å². The third kappa shape index (κ3) is 1.18. The molecular formula is C7H9NO2. The van der Waals surface area contributed by atoms with Gasteiger partial charge in [0.15, 0.2) is 0 Å². The first-order chi connectivity index (χ1) is 4.74. The van der Waals surface area contributed by atoms with Crippen LogP contribution < -0.4 is 4.74 Å². The lowest BCUT2D eigenvalue weighted by atomic mass is 10.3. The van der Waals surface area contributed by atoms with Crippen LogP contribution in [0.1, 0.15) is 5.69 Å². The van der Waals surface area contributed by atoms with E-state index in [1.807, 2.05) is 0 Å². The normalized spacial score (nSPS) is 9.40. The highest BCUT2D eigenvalue weighted by Gasteiger charge is 1.97. The molecule has 1 aromatic rings.